The maximum Gasteiger partial charge on any atom is 0.422 e. The molecule has 0 fully saturated rings. The number of hydrogen-bond donors (Lipinski definition) is 1. The van der Waals surface area contributed by atoms with E-state index in [1.54, 1.807) is 6.07 Å². The van der Waals surface area contributed by atoms with Crippen molar-refractivity contribution in [2.45, 2.75) is 19.5 Å². The molecule has 2 amide bonds. The summed E-state index contributed by atoms with van der Waals surface area (Å²) in [6.07, 6.45) is 0.129. The number of hydrogen-bond acceptors (Lipinski definition) is 5. The number of amides is 2. The van der Waals surface area contributed by atoms with Crippen LogP contribution >= 0.6 is 0 Å². The van der Waals surface area contributed by atoms with E-state index in [4.69, 9.17) is 0 Å². The fourth-order valence-corrected chi connectivity index (χ4v) is 2.78. The molecule has 1 aliphatic heterocycles. The number of fused-ring (bicyclic) bond motifs is 1. The molecule has 1 atom stereocenters. The number of carbonyl (C=O) groups is 2. The number of carbonyl (C=O) groups excluding carboxylic acids is 2. The van der Waals surface area contributed by atoms with Crippen LogP contribution < -0.4 is 15.0 Å². The minimum atomic E-state index is -4.52. The molecule has 3 rings (SSSR count). The van der Waals surface area contributed by atoms with Gasteiger partial charge in [-0.15, -0.1) is 0 Å². The average molecular weight is 394 g/mol. The Morgan fingerprint density at radius 3 is 2.86 bits per heavy atom. The van der Waals surface area contributed by atoms with Crippen LogP contribution in [0.15, 0.2) is 36.8 Å². The lowest BCUT2D eigenvalue weighted by Gasteiger charge is -2.24. The van der Waals surface area contributed by atoms with Crippen molar-refractivity contribution < 1.29 is 27.5 Å². The SMILES string of the molecule is CCC1CN(C(=O)c2ccnc(OCC(F)(F)F)c2)c2cnccc2NC1=O. The van der Waals surface area contributed by atoms with E-state index in [9.17, 15) is 22.8 Å². The van der Waals surface area contributed by atoms with Crippen molar-refractivity contribution in [1.82, 2.24) is 9.97 Å². The lowest BCUT2D eigenvalue weighted by Crippen LogP contribution is -2.36. The molecule has 2 aromatic rings. The second kappa shape index (κ2) is 7.83. The van der Waals surface area contributed by atoms with Crippen molar-refractivity contribution in [2.75, 3.05) is 23.4 Å². The molecule has 1 N–H and O–H groups in total. The molecule has 28 heavy (non-hydrogen) atoms. The largest absolute Gasteiger partial charge is 0.468 e. The van der Waals surface area contributed by atoms with Gasteiger partial charge in [-0.3, -0.25) is 14.6 Å². The second-order valence-corrected chi connectivity index (χ2v) is 6.19. The van der Waals surface area contributed by atoms with E-state index in [-0.39, 0.29) is 23.9 Å². The van der Waals surface area contributed by atoms with Gasteiger partial charge in [0.1, 0.15) is 0 Å². The zero-order chi connectivity index (χ0) is 20.3. The third-order valence-corrected chi connectivity index (χ3v) is 4.23. The van der Waals surface area contributed by atoms with Crippen molar-refractivity contribution in [3.05, 3.63) is 42.4 Å². The van der Waals surface area contributed by atoms with Gasteiger partial charge in [0.05, 0.1) is 23.5 Å². The number of alkyl halides is 3. The first kappa shape index (κ1) is 19.6. The number of ether oxygens (including phenoxy) is 1. The number of nitrogens with zero attached hydrogens (tertiary/aromatic N) is 3. The van der Waals surface area contributed by atoms with Gasteiger partial charge in [-0.25, -0.2) is 4.98 Å². The van der Waals surface area contributed by atoms with Crippen LogP contribution in [0.25, 0.3) is 0 Å². The van der Waals surface area contributed by atoms with Gasteiger partial charge in [0, 0.05) is 30.6 Å². The third kappa shape index (κ3) is 4.38. The van der Waals surface area contributed by atoms with Gasteiger partial charge >= 0.3 is 6.18 Å². The van der Waals surface area contributed by atoms with Crippen molar-refractivity contribution >= 4 is 23.2 Å². The summed E-state index contributed by atoms with van der Waals surface area (Å²) >= 11 is 0. The summed E-state index contributed by atoms with van der Waals surface area (Å²) in [6.45, 7) is 0.433. The minimum absolute atomic E-state index is 0.0891. The van der Waals surface area contributed by atoms with Crippen molar-refractivity contribution in [3.63, 3.8) is 0 Å². The Hall–Kier alpha value is -3.17. The summed E-state index contributed by atoms with van der Waals surface area (Å²) in [7, 11) is 0. The van der Waals surface area contributed by atoms with Crippen LogP contribution in [-0.4, -0.2) is 41.1 Å². The van der Waals surface area contributed by atoms with E-state index in [1.165, 1.54) is 29.6 Å². The molecular formula is C18H17F3N4O3. The summed E-state index contributed by atoms with van der Waals surface area (Å²) in [4.78, 5) is 34.5. The van der Waals surface area contributed by atoms with E-state index >= 15 is 0 Å². The molecule has 0 saturated heterocycles. The van der Waals surface area contributed by atoms with Crippen LogP contribution in [0.4, 0.5) is 24.5 Å². The number of pyridine rings is 2. The van der Waals surface area contributed by atoms with Gasteiger partial charge in [-0.05, 0) is 18.6 Å². The lowest BCUT2D eigenvalue weighted by atomic mass is 10.1. The topological polar surface area (TPSA) is 84.4 Å². The summed E-state index contributed by atoms with van der Waals surface area (Å²) in [5.74, 6) is -1.47. The fourth-order valence-electron chi connectivity index (χ4n) is 2.78. The highest BCUT2D eigenvalue weighted by Crippen LogP contribution is 2.31. The highest BCUT2D eigenvalue weighted by molar-refractivity contribution is 6.10. The highest BCUT2D eigenvalue weighted by Gasteiger charge is 2.32. The van der Waals surface area contributed by atoms with Gasteiger partial charge < -0.3 is 15.0 Å². The molecular weight excluding hydrogens is 377 g/mol. The Labute approximate surface area is 158 Å². The molecule has 0 aromatic carbocycles. The molecule has 1 unspecified atom stereocenters. The van der Waals surface area contributed by atoms with Crippen LogP contribution in [0.5, 0.6) is 5.88 Å². The van der Waals surface area contributed by atoms with E-state index in [2.05, 4.69) is 20.0 Å². The van der Waals surface area contributed by atoms with Gasteiger partial charge in [0.2, 0.25) is 11.8 Å². The van der Waals surface area contributed by atoms with E-state index in [0.29, 0.717) is 17.8 Å². The molecule has 1 aliphatic rings. The van der Waals surface area contributed by atoms with E-state index in [1.807, 2.05) is 6.92 Å². The molecule has 7 nitrogen and oxygen atoms in total. The predicted molar refractivity (Wildman–Crippen MR) is 94.1 cm³/mol. The standard InChI is InChI=1S/C18H17F3N4O3/c1-2-11-9-25(14-8-22-5-4-13(14)24-16(11)26)17(27)12-3-6-23-15(7-12)28-10-18(19,20)21/h3-8,11H,2,9-10H2,1H3,(H,24,26). The predicted octanol–water partition coefficient (Wildman–Crippen LogP) is 3.04. The van der Waals surface area contributed by atoms with Crippen molar-refractivity contribution in [2.24, 2.45) is 5.92 Å². The van der Waals surface area contributed by atoms with Gasteiger partial charge in [-0.1, -0.05) is 6.92 Å². The number of aromatic nitrogens is 2. The first-order valence-electron chi connectivity index (χ1n) is 8.51. The second-order valence-electron chi connectivity index (χ2n) is 6.19. The smallest absolute Gasteiger partial charge is 0.422 e. The van der Waals surface area contributed by atoms with Gasteiger partial charge in [-0.2, -0.15) is 13.2 Å². The molecule has 0 radical (unpaired) electrons. The van der Waals surface area contributed by atoms with Gasteiger partial charge in [0.25, 0.3) is 5.91 Å². The number of halogens is 3. The zero-order valence-electron chi connectivity index (χ0n) is 14.9. The fraction of sp³-hybridized carbons (Fsp3) is 0.333. The maximum atomic E-state index is 13.1. The Balaban J connectivity index is 1.91. The molecule has 2 aromatic heterocycles. The number of anilines is 2. The van der Waals surface area contributed by atoms with Crippen LogP contribution in [0.3, 0.4) is 0 Å². The summed E-state index contributed by atoms with van der Waals surface area (Å²) < 4.78 is 41.7. The average Bonchev–Trinajstić information content (AvgIpc) is 2.81. The molecule has 3 heterocycles. The monoisotopic (exact) mass is 394 g/mol. The molecule has 0 saturated carbocycles. The van der Waals surface area contributed by atoms with Crippen molar-refractivity contribution in [3.8, 4) is 5.88 Å². The number of rotatable bonds is 4. The van der Waals surface area contributed by atoms with Gasteiger partial charge in [0.15, 0.2) is 6.61 Å². The van der Waals surface area contributed by atoms with E-state index in [0.717, 1.165) is 6.07 Å². The summed E-state index contributed by atoms with van der Waals surface area (Å²) in [5, 5.41) is 2.77. The molecule has 0 aliphatic carbocycles. The summed E-state index contributed by atoms with van der Waals surface area (Å²) in [5.41, 5.74) is 0.935. The Morgan fingerprint density at radius 2 is 2.14 bits per heavy atom. The van der Waals surface area contributed by atoms with Crippen molar-refractivity contribution in [1.29, 1.82) is 0 Å². The normalized spacial score (nSPS) is 16.8. The maximum absolute atomic E-state index is 13.1. The molecule has 10 heteroatoms. The minimum Gasteiger partial charge on any atom is -0.468 e. The quantitative estimate of drug-likeness (QED) is 0.862. The zero-order valence-corrected chi connectivity index (χ0v) is 14.9. The first-order chi connectivity index (χ1) is 13.3. The van der Waals surface area contributed by atoms with E-state index < -0.39 is 24.6 Å². The Kier molecular flexibility index (Phi) is 5.48. The van der Waals surface area contributed by atoms with Crippen LogP contribution in [-0.2, 0) is 4.79 Å². The lowest BCUT2D eigenvalue weighted by molar-refractivity contribution is -0.154. The first-order valence-corrected chi connectivity index (χ1v) is 8.51. The summed E-state index contributed by atoms with van der Waals surface area (Å²) in [6, 6.07) is 4.10. The van der Waals surface area contributed by atoms with Crippen LogP contribution in [0, 0.1) is 5.92 Å². The highest BCUT2D eigenvalue weighted by atomic mass is 19.4. The third-order valence-electron chi connectivity index (χ3n) is 4.23. The molecule has 0 bridgehead atoms. The Morgan fingerprint density at radius 1 is 1.36 bits per heavy atom. The molecule has 148 valence electrons. The Bertz CT molecular complexity index is 888. The molecule has 0 spiro atoms. The van der Waals surface area contributed by atoms with Crippen LogP contribution in [0.1, 0.15) is 23.7 Å². The number of nitrogens with one attached hydrogen (secondary N) is 1. The van der Waals surface area contributed by atoms with Crippen LogP contribution in [0.2, 0.25) is 0 Å².